The molecule has 3 N–H and O–H groups in total. The lowest BCUT2D eigenvalue weighted by Gasteiger charge is -2.33. The van der Waals surface area contributed by atoms with Gasteiger partial charge in [-0.1, -0.05) is 6.07 Å². The first-order chi connectivity index (χ1) is 9.86. The molecule has 1 saturated carbocycles. The van der Waals surface area contributed by atoms with Crippen LogP contribution in [0.2, 0.25) is 0 Å². The van der Waals surface area contributed by atoms with Crippen LogP contribution in [0.3, 0.4) is 0 Å². The zero-order chi connectivity index (χ0) is 15.6. The van der Waals surface area contributed by atoms with Crippen LogP contribution < -0.4 is 15.8 Å². The van der Waals surface area contributed by atoms with Crippen molar-refractivity contribution in [2.45, 2.75) is 38.3 Å². The van der Waals surface area contributed by atoms with E-state index < -0.39 is 23.1 Å². The molecule has 0 radical (unpaired) electrons. The number of amides is 1. The van der Waals surface area contributed by atoms with Gasteiger partial charge in [0.15, 0.2) is 11.6 Å². The summed E-state index contributed by atoms with van der Waals surface area (Å²) in [5.74, 6) is -2.73. The van der Waals surface area contributed by atoms with Crippen LogP contribution in [-0.4, -0.2) is 24.1 Å². The summed E-state index contributed by atoms with van der Waals surface area (Å²) in [5.41, 5.74) is 4.50. The van der Waals surface area contributed by atoms with Gasteiger partial charge in [0.05, 0.1) is 0 Å². The molecule has 6 heteroatoms. The van der Waals surface area contributed by atoms with Gasteiger partial charge in [0, 0.05) is 6.04 Å². The Labute approximate surface area is 122 Å². The number of nitrogens with one attached hydrogen (secondary N) is 1. The fourth-order valence-corrected chi connectivity index (χ4v) is 2.50. The summed E-state index contributed by atoms with van der Waals surface area (Å²) in [5, 5.41) is 3.14. The van der Waals surface area contributed by atoms with E-state index in [4.69, 9.17) is 10.5 Å². The molecule has 1 unspecified atom stereocenters. The second-order valence-electron chi connectivity index (χ2n) is 5.75. The van der Waals surface area contributed by atoms with Crippen molar-refractivity contribution in [1.29, 1.82) is 0 Å². The van der Waals surface area contributed by atoms with Gasteiger partial charge >= 0.3 is 0 Å². The average Bonchev–Trinajstić information content (AvgIpc) is 3.22. The minimum Gasteiger partial charge on any atom is -0.488 e. The molecule has 0 spiro atoms. The largest absolute Gasteiger partial charge is 0.488 e. The predicted molar refractivity (Wildman–Crippen MR) is 74.8 cm³/mol. The summed E-state index contributed by atoms with van der Waals surface area (Å²) in [4.78, 5) is 11.9. The highest BCUT2D eigenvalue weighted by Crippen LogP contribution is 2.40. The number of rotatable bonds is 7. The van der Waals surface area contributed by atoms with Gasteiger partial charge in [-0.05, 0) is 44.7 Å². The highest BCUT2D eigenvalue weighted by molar-refractivity contribution is 5.86. The summed E-state index contributed by atoms with van der Waals surface area (Å²) in [6.45, 7) is 3.66. The predicted octanol–water partition coefficient (Wildman–Crippen LogP) is 1.98. The van der Waals surface area contributed by atoms with Crippen molar-refractivity contribution in [3.8, 4) is 5.75 Å². The normalized spacial score (nSPS) is 17.6. The minimum atomic E-state index is -1.06. The number of primary amides is 1. The molecule has 21 heavy (non-hydrogen) atoms. The summed E-state index contributed by atoms with van der Waals surface area (Å²) in [6.07, 6.45) is 1.72. The Bertz CT molecular complexity index is 532. The molecule has 1 aromatic carbocycles. The molecule has 1 aliphatic rings. The van der Waals surface area contributed by atoms with Gasteiger partial charge < -0.3 is 10.5 Å². The van der Waals surface area contributed by atoms with Crippen LogP contribution in [0.4, 0.5) is 8.78 Å². The molecule has 1 amide bonds. The molecule has 2 rings (SSSR count). The third-order valence-electron chi connectivity index (χ3n) is 3.63. The van der Waals surface area contributed by atoms with Gasteiger partial charge in [-0.25, -0.2) is 4.39 Å². The minimum absolute atomic E-state index is 0.0130. The Balaban J connectivity index is 2.19. The molecule has 1 aromatic rings. The van der Waals surface area contributed by atoms with Crippen LogP contribution in [0.15, 0.2) is 18.2 Å². The van der Waals surface area contributed by atoms with E-state index >= 15 is 0 Å². The van der Waals surface area contributed by atoms with Crippen LogP contribution >= 0.6 is 0 Å². The molecule has 0 heterocycles. The first-order valence-electron chi connectivity index (χ1n) is 7.01. The molecular weight excluding hydrogens is 278 g/mol. The molecule has 4 nitrogen and oxygen atoms in total. The first kappa shape index (κ1) is 15.7. The molecule has 0 saturated heterocycles. The molecule has 0 aromatic heterocycles. The van der Waals surface area contributed by atoms with E-state index in [1.54, 1.807) is 0 Å². The number of nitrogens with two attached hydrogens (primary N) is 1. The Hall–Kier alpha value is -1.69. The van der Waals surface area contributed by atoms with Crippen molar-refractivity contribution >= 4 is 5.91 Å². The van der Waals surface area contributed by atoms with Gasteiger partial charge in [-0.2, -0.15) is 4.39 Å². The van der Waals surface area contributed by atoms with E-state index in [2.05, 4.69) is 5.32 Å². The summed E-state index contributed by atoms with van der Waals surface area (Å²) >= 11 is 0. The van der Waals surface area contributed by atoms with Crippen LogP contribution in [0.1, 0.15) is 26.7 Å². The smallest absolute Gasteiger partial charge is 0.241 e. The van der Waals surface area contributed by atoms with E-state index in [-0.39, 0.29) is 24.3 Å². The van der Waals surface area contributed by atoms with Crippen molar-refractivity contribution in [3.63, 3.8) is 0 Å². The maximum absolute atomic E-state index is 13.6. The highest BCUT2D eigenvalue weighted by Gasteiger charge is 2.51. The van der Waals surface area contributed by atoms with Gasteiger partial charge in [-0.15, -0.1) is 0 Å². The molecular formula is C15H20F2N2O2. The Kier molecular flexibility index (Phi) is 4.46. The van der Waals surface area contributed by atoms with E-state index in [1.807, 2.05) is 13.8 Å². The average molecular weight is 298 g/mol. The van der Waals surface area contributed by atoms with Gasteiger partial charge in [0.2, 0.25) is 11.7 Å². The van der Waals surface area contributed by atoms with Crippen molar-refractivity contribution < 1.29 is 18.3 Å². The number of hydrogen-bond donors (Lipinski definition) is 2. The lowest BCUT2D eigenvalue weighted by Crippen LogP contribution is -2.62. The fourth-order valence-electron chi connectivity index (χ4n) is 2.50. The molecule has 116 valence electrons. The second-order valence-corrected chi connectivity index (χ2v) is 5.75. The van der Waals surface area contributed by atoms with E-state index in [0.29, 0.717) is 0 Å². The lowest BCUT2D eigenvalue weighted by atomic mass is 9.92. The maximum atomic E-state index is 13.6. The van der Waals surface area contributed by atoms with E-state index in [1.165, 1.54) is 12.1 Å². The van der Waals surface area contributed by atoms with E-state index in [9.17, 15) is 13.6 Å². The summed E-state index contributed by atoms with van der Waals surface area (Å²) < 4.78 is 32.2. The Morgan fingerprint density at radius 2 is 2.14 bits per heavy atom. The van der Waals surface area contributed by atoms with Crippen molar-refractivity contribution in [2.75, 3.05) is 6.61 Å². The highest BCUT2D eigenvalue weighted by atomic mass is 19.2. The Morgan fingerprint density at radius 3 is 2.67 bits per heavy atom. The molecule has 0 bridgehead atoms. The number of halogens is 2. The quantitative estimate of drug-likeness (QED) is 0.809. The van der Waals surface area contributed by atoms with Crippen molar-refractivity contribution in [1.82, 2.24) is 5.32 Å². The zero-order valence-corrected chi connectivity index (χ0v) is 12.2. The second kappa shape index (κ2) is 5.97. The summed E-state index contributed by atoms with van der Waals surface area (Å²) in [6, 6.07) is 3.70. The summed E-state index contributed by atoms with van der Waals surface area (Å²) in [7, 11) is 0. The standard InChI is InChI=1S/C15H20F2N2O2/c1-9(2)19-15(14(18)20,10-6-7-10)8-21-12-5-3-4-11(16)13(12)17/h3-5,9-10,19H,6-8H2,1-2H3,(H2,18,20). The molecule has 0 aliphatic heterocycles. The Morgan fingerprint density at radius 1 is 1.48 bits per heavy atom. The molecule has 1 atom stereocenters. The number of carbonyl (C=O) groups is 1. The van der Waals surface area contributed by atoms with Crippen LogP contribution in [0.25, 0.3) is 0 Å². The third kappa shape index (κ3) is 3.32. The van der Waals surface area contributed by atoms with Gasteiger partial charge in [0.1, 0.15) is 12.1 Å². The van der Waals surface area contributed by atoms with Gasteiger partial charge in [0.25, 0.3) is 0 Å². The maximum Gasteiger partial charge on any atom is 0.241 e. The van der Waals surface area contributed by atoms with E-state index in [0.717, 1.165) is 18.9 Å². The number of benzene rings is 1. The SMILES string of the molecule is CC(C)NC(COc1cccc(F)c1F)(C(N)=O)C1CC1. The van der Waals surface area contributed by atoms with Crippen molar-refractivity contribution in [3.05, 3.63) is 29.8 Å². The van der Waals surface area contributed by atoms with Gasteiger partial charge in [-0.3, -0.25) is 10.1 Å². The molecule has 1 fully saturated rings. The monoisotopic (exact) mass is 298 g/mol. The number of hydrogen-bond acceptors (Lipinski definition) is 3. The van der Waals surface area contributed by atoms with Crippen molar-refractivity contribution in [2.24, 2.45) is 11.7 Å². The van der Waals surface area contributed by atoms with Crippen LogP contribution in [0.5, 0.6) is 5.75 Å². The lowest BCUT2D eigenvalue weighted by molar-refractivity contribution is -0.127. The van der Waals surface area contributed by atoms with Crippen LogP contribution in [-0.2, 0) is 4.79 Å². The molecule has 1 aliphatic carbocycles. The third-order valence-corrected chi connectivity index (χ3v) is 3.63. The number of ether oxygens (including phenoxy) is 1. The fraction of sp³-hybridized carbons (Fsp3) is 0.533. The zero-order valence-electron chi connectivity index (χ0n) is 12.2. The first-order valence-corrected chi connectivity index (χ1v) is 7.01. The number of carbonyl (C=O) groups excluding carboxylic acids is 1. The van der Waals surface area contributed by atoms with Crippen LogP contribution in [0, 0.1) is 17.6 Å². The topological polar surface area (TPSA) is 64.3 Å².